The fraction of sp³-hybridized carbons (Fsp3) is 0.692. The quantitative estimate of drug-likeness (QED) is 0.553. The van der Waals surface area contributed by atoms with Crippen molar-refractivity contribution in [1.29, 1.82) is 0 Å². The Kier molecular flexibility index (Phi) is 6.34. The van der Waals surface area contributed by atoms with Gasteiger partial charge in [0.05, 0.1) is 10.8 Å². The van der Waals surface area contributed by atoms with E-state index >= 15 is 0 Å². The Hall–Kier alpha value is -2.12. The molecule has 0 saturated heterocycles. The van der Waals surface area contributed by atoms with E-state index in [1.54, 1.807) is 13.8 Å². The molecule has 0 aliphatic heterocycles. The van der Waals surface area contributed by atoms with Crippen molar-refractivity contribution in [3.05, 3.63) is 0 Å². The first-order valence-corrected chi connectivity index (χ1v) is 6.45. The molecule has 21 heavy (non-hydrogen) atoms. The number of carbonyl (C=O) groups is 4. The Balaban J connectivity index is 4.37. The molecule has 0 aliphatic carbocycles. The van der Waals surface area contributed by atoms with Crippen molar-refractivity contribution in [1.82, 2.24) is 16.0 Å². The smallest absolute Gasteiger partial charge is 0.321 e. The van der Waals surface area contributed by atoms with Crippen LogP contribution in [0.4, 0.5) is 4.79 Å². The van der Waals surface area contributed by atoms with Gasteiger partial charge in [0, 0.05) is 20.0 Å². The molecule has 0 unspecified atom stereocenters. The number of carbonyl (C=O) groups excluding carboxylic acids is 3. The Morgan fingerprint density at radius 3 is 1.95 bits per heavy atom. The van der Waals surface area contributed by atoms with E-state index in [1.165, 1.54) is 20.9 Å². The summed E-state index contributed by atoms with van der Waals surface area (Å²) in [6, 6.07) is -0.766. The third-order valence-electron chi connectivity index (χ3n) is 2.97. The average Bonchev–Trinajstić information content (AvgIpc) is 2.34. The first kappa shape index (κ1) is 18.9. The van der Waals surface area contributed by atoms with Gasteiger partial charge < -0.3 is 15.7 Å². The molecular formula is C13H23N3O5. The molecule has 0 aromatic carbocycles. The summed E-state index contributed by atoms with van der Waals surface area (Å²) in [4.78, 5) is 45.5. The summed E-state index contributed by atoms with van der Waals surface area (Å²) in [5.41, 5.74) is -2.08. The zero-order chi connectivity index (χ0) is 16.8. The van der Waals surface area contributed by atoms with Crippen LogP contribution in [0.5, 0.6) is 0 Å². The van der Waals surface area contributed by atoms with Crippen LogP contribution in [0.25, 0.3) is 0 Å². The van der Waals surface area contributed by atoms with Gasteiger partial charge in [-0.1, -0.05) is 0 Å². The number of urea groups is 1. The third-order valence-corrected chi connectivity index (χ3v) is 2.97. The summed E-state index contributed by atoms with van der Waals surface area (Å²) in [6.07, 6.45) is -0.325. The van der Waals surface area contributed by atoms with Gasteiger partial charge in [-0.25, -0.2) is 4.79 Å². The van der Waals surface area contributed by atoms with Crippen molar-refractivity contribution in [2.75, 3.05) is 13.6 Å². The maximum atomic E-state index is 11.6. The molecule has 0 heterocycles. The topological polar surface area (TPSA) is 125 Å². The minimum atomic E-state index is -1.26. The number of nitrogens with one attached hydrogen (secondary N) is 3. The number of hydrogen-bond donors (Lipinski definition) is 4. The highest BCUT2D eigenvalue weighted by Crippen LogP contribution is 2.20. The summed E-state index contributed by atoms with van der Waals surface area (Å²) in [7, 11) is 1.49. The lowest BCUT2D eigenvalue weighted by Gasteiger charge is -2.23. The van der Waals surface area contributed by atoms with Gasteiger partial charge in [-0.2, -0.15) is 0 Å². The zero-order valence-corrected chi connectivity index (χ0v) is 13.0. The second-order valence-electron chi connectivity index (χ2n) is 6.06. The summed E-state index contributed by atoms with van der Waals surface area (Å²) in [6.45, 7) is 6.10. The number of hydrogen-bond acceptors (Lipinski definition) is 4. The van der Waals surface area contributed by atoms with Crippen molar-refractivity contribution in [3.8, 4) is 0 Å². The van der Waals surface area contributed by atoms with E-state index in [0.717, 1.165) is 0 Å². The predicted molar refractivity (Wildman–Crippen MR) is 75.4 cm³/mol. The number of rotatable bonds is 6. The van der Waals surface area contributed by atoms with Crippen LogP contribution in [0.15, 0.2) is 0 Å². The van der Waals surface area contributed by atoms with Gasteiger partial charge in [-0.15, -0.1) is 0 Å². The minimum absolute atomic E-state index is 0.0358. The van der Waals surface area contributed by atoms with Crippen LogP contribution in [0.1, 0.15) is 34.1 Å². The van der Waals surface area contributed by atoms with Gasteiger partial charge in [0.1, 0.15) is 0 Å². The highest BCUT2D eigenvalue weighted by Gasteiger charge is 2.31. The molecule has 0 bridgehead atoms. The van der Waals surface area contributed by atoms with E-state index in [9.17, 15) is 19.2 Å². The lowest BCUT2D eigenvalue weighted by atomic mass is 9.89. The SMILES string of the molecule is CNC(=O)C(C)(C)CNC(=O)NC(=O)CC(C)(C)C(=O)O. The molecule has 4 amide bonds. The van der Waals surface area contributed by atoms with Crippen LogP contribution in [-0.4, -0.2) is 42.5 Å². The van der Waals surface area contributed by atoms with Gasteiger partial charge in [0.25, 0.3) is 0 Å². The Bertz CT molecular complexity index is 443. The summed E-state index contributed by atoms with van der Waals surface area (Å²) >= 11 is 0. The molecule has 8 heteroatoms. The standard InChI is InChI=1S/C13H23N3O5/c1-12(2,10(19)20)6-8(17)16-11(21)15-7-13(3,4)9(18)14-5/h6-7H2,1-5H3,(H,14,18)(H,19,20)(H2,15,16,17,21). The molecule has 0 aliphatic rings. The molecule has 4 N–H and O–H groups in total. The number of imide groups is 1. The maximum Gasteiger partial charge on any atom is 0.321 e. The summed E-state index contributed by atoms with van der Waals surface area (Å²) in [5.74, 6) is -2.07. The van der Waals surface area contributed by atoms with Gasteiger partial charge in [-0.3, -0.25) is 19.7 Å². The Labute approximate surface area is 123 Å². The molecule has 0 fully saturated rings. The second-order valence-corrected chi connectivity index (χ2v) is 6.06. The van der Waals surface area contributed by atoms with E-state index in [0.29, 0.717) is 0 Å². The number of aliphatic carboxylic acids is 1. The van der Waals surface area contributed by atoms with Gasteiger partial charge in [0.15, 0.2) is 0 Å². The maximum absolute atomic E-state index is 11.6. The fourth-order valence-corrected chi connectivity index (χ4v) is 1.41. The highest BCUT2D eigenvalue weighted by molar-refractivity contribution is 5.96. The van der Waals surface area contributed by atoms with Crippen LogP contribution in [-0.2, 0) is 14.4 Å². The van der Waals surface area contributed by atoms with Crippen LogP contribution in [0, 0.1) is 10.8 Å². The minimum Gasteiger partial charge on any atom is -0.481 e. The molecule has 0 aromatic heterocycles. The molecule has 120 valence electrons. The summed E-state index contributed by atoms with van der Waals surface area (Å²) in [5, 5.41) is 15.8. The molecule has 0 radical (unpaired) electrons. The lowest BCUT2D eigenvalue weighted by Crippen LogP contribution is -2.48. The van der Waals surface area contributed by atoms with Gasteiger partial charge in [0.2, 0.25) is 11.8 Å². The summed E-state index contributed by atoms with van der Waals surface area (Å²) < 4.78 is 0. The molecule has 0 atom stereocenters. The molecule has 0 saturated carbocycles. The average molecular weight is 301 g/mol. The van der Waals surface area contributed by atoms with Crippen LogP contribution < -0.4 is 16.0 Å². The highest BCUT2D eigenvalue weighted by atomic mass is 16.4. The van der Waals surface area contributed by atoms with E-state index < -0.39 is 28.7 Å². The Morgan fingerprint density at radius 2 is 1.52 bits per heavy atom. The number of amides is 4. The Morgan fingerprint density at radius 1 is 1.00 bits per heavy atom. The molecular weight excluding hydrogens is 278 g/mol. The van der Waals surface area contributed by atoms with Crippen LogP contribution in [0.2, 0.25) is 0 Å². The largest absolute Gasteiger partial charge is 0.481 e. The lowest BCUT2D eigenvalue weighted by molar-refractivity contribution is -0.149. The first-order valence-electron chi connectivity index (χ1n) is 6.45. The molecule has 0 spiro atoms. The second kappa shape index (κ2) is 7.05. The first-order chi connectivity index (χ1) is 9.42. The zero-order valence-electron chi connectivity index (χ0n) is 13.0. The van der Waals surface area contributed by atoms with Crippen molar-refractivity contribution in [2.24, 2.45) is 10.8 Å². The normalized spacial score (nSPS) is 11.5. The van der Waals surface area contributed by atoms with E-state index in [1.807, 2.05) is 5.32 Å². The van der Waals surface area contributed by atoms with E-state index in [4.69, 9.17) is 5.11 Å². The van der Waals surface area contributed by atoms with Gasteiger partial charge in [-0.05, 0) is 27.7 Å². The molecule has 0 aromatic rings. The predicted octanol–water partition coefficient (Wildman–Crippen LogP) is 0.0853. The third kappa shape index (κ3) is 6.24. The molecule has 8 nitrogen and oxygen atoms in total. The number of carboxylic acids is 1. The van der Waals surface area contributed by atoms with Crippen LogP contribution >= 0.6 is 0 Å². The number of carboxylic acid groups (broad SMARTS) is 1. The van der Waals surface area contributed by atoms with E-state index in [2.05, 4.69) is 10.6 Å². The van der Waals surface area contributed by atoms with Crippen molar-refractivity contribution < 1.29 is 24.3 Å². The van der Waals surface area contributed by atoms with Crippen molar-refractivity contribution in [3.63, 3.8) is 0 Å². The van der Waals surface area contributed by atoms with Gasteiger partial charge >= 0.3 is 12.0 Å². The fourth-order valence-electron chi connectivity index (χ4n) is 1.41. The van der Waals surface area contributed by atoms with Crippen LogP contribution in [0.3, 0.4) is 0 Å². The molecule has 0 rings (SSSR count). The van der Waals surface area contributed by atoms with Crippen molar-refractivity contribution in [2.45, 2.75) is 34.1 Å². The monoisotopic (exact) mass is 301 g/mol. The van der Waals surface area contributed by atoms with E-state index in [-0.39, 0.29) is 18.9 Å². The van der Waals surface area contributed by atoms with Crippen molar-refractivity contribution >= 4 is 23.8 Å².